The smallest absolute Gasteiger partial charge is 0.243 e. The predicted molar refractivity (Wildman–Crippen MR) is 109 cm³/mol. The van der Waals surface area contributed by atoms with Crippen molar-refractivity contribution in [1.29, 1.82) is 0 Å². The molecule has 9 heteroatoms. The second-order valence-electron chi connectivity index (χ2n) is 7.54. The molecule has 2 saturated heterocycles. The molecule has 0 radical (unpaired) electrons. The molecule has 2 aliphatic rings. The molecule has 0 aliphatic carbocycles. The molecular formula is C19H28ClN3O4S. The molecule has 156 valence electrons. The van der Waals surface area contributed by atoms with E-state index in [1.165, 1.54) is 22.5 Å². The number of nitrogens with one attached hydrogen (secondary N) is 1. The molecule has 0 saturated carbocycles. The van der Waals surface area contributed by atoms with Crippen LogP contribution in [0.15, 0.2) is 23.1 Å². The van der Waals surface area contributed by atoms with E-state index >= 15 is 0 Å². The number of hydrogen-bond acceptors (Lipinski definition) is 5. The van der Waals surface area contributed by atoms with E-state index in [1.807, 2.05) is 4.90 Å². The predicted octanol–water partition coefficient (Wildman–Crippen LogP) is 2.30. The average molecular weight is 430 g/mol. The number of β-amino-alcohol motifs (C(OH)–C–C–N with tert-alkyl or cyclic N) is 1. The average Bonchev–Trinajstić information content (AvgIpc) is 2.93. The minimum absolute atomic E-state index is 0.135. The molecule has 2 aliphatic heterocycles. The van der Waals surface area contributed by atoms with Gasteiger partial charge in [-0.3, -0.25) is 9.69 Å². The first-order chi connectivity index (χ1) is 13.4. The van der Waals surface area contributed by atoms with Crippen LogP contribution in [0.25, 0.3) is 0 Å². The van der Waals surface area contributed by atoms with E-state index in [1.54, 1.807) is 0 Å². The van der Waals surface area contributed by atoms with Gasteiger partial charge in [0.15, 0.2) is 0 Å². The van der Waals surface area contributed by atoms with Gasteiger partial charge in [-0.1, -0.05) is 24.4 Å². The standard InChI is InChI=1S/C19H28ClN3O4S/c20-17-8-7-16(28(26,27)23-10-3-1-2-4-11-23)12-18(17)21-19(25)14-22-9-5-6-15(24)13-22/h7-8,12,15,24H,1-6,9-11,13-14H2,(H,21,25). The van der Waals surface area contributed by atoms with Crippen molar-refractivity contribution in [2.75, 3.05) is 38.0 Å². The molecule has 0 spiro atoms. The van der Waals surface area contributed by atoms with Crippen molar-refractivity contribution in [2.24, 2.45) is 0 Å². The Labute approximate surface area is 171 Å². The van der Waals surface area contributed by atoms with E-state index in [-0.39, 0.29) is 17.3 Å². The third kappa shape index (κ3) is 5.45. The summed E-state index contributed by atoms with van der Waals surface area (Å²) in [4.78, 5) is 14.4. The van der Waals surface area contributed by atoms with Gasteiger partial charge in [-0.05, 0) is 50.4 Å². The number of nitrogens with zero attached hydrogens (tertiary/aromatic N) is 2. The first-order valence-electron chi connectivity index (χ1n) is 9.86. The second-order valence-corrected chi connectivity index (χ2v) is 9.88. The quantitative estimate of drug-likeness (QED) is 0.749. The number of carbonyl (C=O) groups is 1. The minimum Gasteiger partial charge on any atom is -0.392 e. The number of halogens is 1. The first kappa shape index (κ1) is 21.5. The van der Waals surface area contributed by atoms with E-state index in [4.69, 9.17) is 11.6 Å². The third-order valence-corrected chi connectivity index (χ3v) is 7.49. The number of rotatable bonds is 5. The SMILES string of the molecule is O=C(CN1CCCC(O)C1)Nc1cc(S(=O)(=O)N2CCCCCC2)ccc1Cl. The number of aliphatic hydroxyl groups is 1. The lowest BCUT2D eigenvalue weighted by molar-refractivity contribution is -0.118. The largest absolute Gasteiger partial charge is 0.392 e. The fourth-order valence-corrected chi connectivity index (χ4v) is 5.47. The van der Waals surface area contributed by atoms with Gasteiger partial charge >= 0.3 is 0 Å². The topological polar surface area (TPSA) is 90.0 Å². The zero-order valence-electron chi connectivity index (χ0n) is 15.9. The molecular weight excluding hydrogens is 402 g/mol. The summed E-state index contributed by atoms with van der Waals surface area (Å²) < 4.78 is 27.5. The van der Waals surface area contributed by atoms with Crippen LogP contribution in [0.2, 0.25) is 5.02 Å². The summed E-state index contributed by atoms with van der Waals surface area (Å²) in [6.07, 6.45) is 4.99. The maximum atomic E-state index is 13.0. The molecule has 2 N–H and O–H groups in total. The van der Waals surface area contributed by atoms with Crippen LogP contribution in [-0.2, 0) is 14.8 Å². The Balaban J connectivity index is 1.71. The zero-order chi connectivity index (χ0) is 20.1. The molecule has 1 atom stereocenters. The van der Waals surface area contributed by atoms with Gasteiger partial charge in [0.1, 0.15) is 0 Å². The number of amides is 1. The fourth-order valence-electron chi connectivity index (χ4n) is 3.76. The number of aliphatic hydroxyl groups excluding tert-OH is 1. The highest BCUT2D eigenvalue weighted by molar-refractivity contribution is 7.89. The summed E-state index contributed by atoms with van der Waals surface area (Å²) in [5.41, 5.74) is 0.292. The molecule has 2 fully saturated rings. The number of anilines is 1. The van der Waals surface area contributed by atoms with Crippen molar-refractivity contribution < 1.29 is 18.3 Å². The summed E-state index contributed by atoms with van der Waals surface area (Å²) in [5, 5.41) is 12.7. The van der Waals surface area contributed by atoms with Crippen LogP contribution < -0.4 is 5.32 Å². The first-order valence-corrected chi connectivity index (χ1v) is 11.7. The maximum absolute atomic E-state index is 13.0. The summed E-state index contributed by atoms with van der Waals surface area (Å²) in [6, 6.07) is 4.43. The molecule has 0 bridgehead atoms. The minimum atomic E-state index is -3.61. The van der Waals surface area contributed by atoms with E-state index in [2.05, 4.69) is 5.32 Å². The van der Waals surface area contributed by atoms with Crippen LogP contribution >= 0.6 is 11.6 Å². The maximum Gasteiger partial charge on any atom is 0.243 e. The molecule has 0 aromatic heterocycles. The molecule has 2 heterocycles. The molecule has 28 heavy (non-hydrogen) atoms. The number of piperidine rings is 1. The summed E-state index contributed by atoms with van der Waals surface area (Å²) in [6.45, 7) is 2.39. The Kier molecular flexibility index (Phi) is 7.33. The molecule has 3 rings (SSSR count). The second kappa shape index (κ2) is 9.54. The zero-order valence-corrected chi connectivity index (χ0v) is 17.5. The highest BCUT2D eigenvalue weighted by Crippen LogP contribution is 2.28. The number of sulfonamides is 1. The Morgan fingerprint density at radius 2 is 1.86 bits per heavy atom. The van der Waals surface area contributed by atoms with Crippen LogP contribution in [0, 0.1) is 0 Å². The lowest BCUT2D eigenvalue weighted by Crippen LogP contribution is -2.42. The van der Waals surface area contributed by atoms with Crippen molar-refractivity contribution in [3.63, 3.8) is 0 Å². The van der Waals surface area contributed by atoms with Gasteiger partial charge in [0.2, 0.25) is 15.9 Å². The highest BCUT2D eigenvalue weighted by atomic mass is 35.5. The van der Waals surface area contributed by atoms with Crippen LogP contribution in [0.3, 0.4) is 0 Å². The number of benzene rings is 1. The van der Waals surface area contributed by atoms with Crippen LogP contribution in [0.1, 0.15) is 38.5 Å². The highest BCUT2D eigenvalue weighted by Gasteiger charge is 2.26. The normalized spacial score (nSPS) is 22.6. The molecule has 1 aromatic rings. The van der Waals surface area contributed by atoms with Gasteiger partial charge in [-0.2, -0.15) is 4.31 Å². The van der Waals surface area contributed by atoms with Crippen LogP contribution in [-0.4, -0.2) is 67.5 Å². The lowest BCUT2D eigenvalue weighted by atomic mass is 10.1. The van der Waals surface area contributed by atoms with Gasteiger partial charge in [0.05, 0.1) is 28.3 Å². The van der Waals surface area contributed by atoms with Gasteiger partial charge in [-0.15, -0.1) is 0 Å². The molecule has 1 aromatic carbocycles. The van der Waals surface area contributed by atoms with Gasteiger partial charge < -0.3 is 10.4 Å². The van der Waals surface area contributed by atoms with Crippen molar-refractivity contribution >= 4 is 33.2 Å². The third-order valence-electron chi connectivity index (χ3n) is 5.26. The Bertz CT molecular complexity index is 794. The van der Waals surface area contributed by atoms with Crippen molar-refractivity contribution in [3.8, 4) is 0 Å². The van der Waals surface area contributed by atoms with Crippen LogP contribution in [0.4, 0.5) is 5.69 Å². The van der Waals surface area contributed by atoms with Crippen molar-refractivity contribution in [2.45, 2.75) is 49.5 Å². The lowest BCUT2D eigenvalue weighted by Gasteiger charge is -2.29. The van der Waals surface area contributed by atoms with Gasteiger partial charge in [0.25, 0.3) is 0 Å². The Morgan fingerprint density at radius 1 is 1.14 bits per heavy atom. The molecule has 7 nitrogen and oxygen atoms in total. The van der Waals surface area contributed by atoms with E-state index in [9.17, 15) is 18.3 Å². The number of hydrogen-bond donors (Lipinski definition) is 2. The summed E-state index contributed by atoms with van der Waals surface area (Å²) >= 11 is 6.19. The number of likely N-dealkylation sites (tertiary alicyclic amines) is 1. The van der Waals surface area contributed by atoms with E-state index in [0.29, 0.717) is 30.3 Å². The monoisotopic (exact) mass is 429 g/mol. The van der Waals surface area contributed by atoms with E-state index in [0.717, 1.165) is 45.1 Å². The van der Waals surface area contributed by atoms with Crippen molar-refractivity contribution in [1.82, 2.24) is 9.21 Å². The van der Waals surface area contributed by atoms with Gasteiger partial charge in [0, 0.05) is 19.6 Å². The Morgan fingerprint density at radius 3 is 2.54 bits per heavy atom. The van der Waals surface area contributed by atoms with Gasteiger partial charge in [-0.25, -0.2) is 8.42 Å². The van der Waals surface area contributed by atoms with E-state index < -0.39 is 16.1 Å². The molecule has 1 unspecified atom stereocenters. The van der Waals surface area contributed by atoms with Crippen molar-refractivity contribution in [3.05, 3.63) is 23.2 Å². The van der Waals surface area contributed by atoms with Crippen LogP contribution in [0.5, 0.6) is 0 Å². The summed E-state index contributed by atoms with van der Waals surface area (Å²) in [5.74, 6) is -0.277. The Hall–Kier alpha value is -1.19. The number of carbonyl (C=O) groups excluding carboxylic acids is 1. The molecule has 1 amide bonds. The summed E-state index contributed by atoms with van der Waals surface area (Å²) in [7, 11) is -3.61. The fraction of sp³-hybridized carbons (Fsp3) is 0.632.